The number of aromatic nitrogens is 5. The highest BCUT2D eigenvalue weighted by Gasteiger charge is 2.24. The van der Waals surface area contributed by atoms with Crippen LogP contribution in [0.15, 0.2) is 90.5 Å². The van der Waals surface area contributed by atoms with Gasteiger partial charge in [0, 0.05) is 81.5 Å². The number of allylic oxidation sites excluding steroid dienone is 1. The number of nitrogens with one attached hydrogen (secondary N) is 1. The van der Waals surface area contributed by atoms with Gasteiger partial charge in [0.05, 0.1) is 18.0 Å². The normalized spacial score (nSPS) is 15.9. The molecule has 0 radical (unpaired) electrons. The highest BCUT2D eigenvalue weighted by molar-refractivity contribution is 6.29. The van der Waals surface area contributed by atoms with E-state index in [9.17, 15) is 0 Å². The Morgan fingerprint density at radius 2 is 1.89 bits per heavy atom. The van der Waals surface area contributed by atoms with Gasteiger partial charge in [-0.2, -0.15) is 5.10 Å². The summed E-state index contributed by atoms with van der Waals surface area (Å²) >= 11 is 0. The SMILES string of the molecule is CC.Cn1cc(Cc2nccn2C)cn1.Cn1ccc2ccc(C3=CC(N)=CC4NC=CN=C34)cc21. The van der Waals surface area contributed by atoms with Gasteiger partial charge in [-0.3, -0.25) is 9.67 Å². The molecule has 8 heteroatoms. The van der Waals surface area contributed by atoms with Crippen LogP contribution in [0.4, 0.5) is 0 Å². The Morgan fingerprint density at radius 1 is 1.06 bits per heavy atom. The van der Waals surface area contributed by atoms with Crippen molar-refractivity contribution in [3.8, 4) is 0 Å². The van der Waals surface area contributed by atoms with Crippen molar-refractivity contribution in [1.82, 2.24) is 29.2 Å². The van der Waals surface area contributed by atoms with Gasteiger partial charge in [0.15, 0.2) is 0 Å². The highest BCUT2D eigenvalue weighted by atomic mass is 15.2. The van der Waals surface area contributed by atoms with Crippen LogP contribution >= 0.6 is 0 Å². The lowest BCUT2D eigenvalue weighted by Gasteiger charge is -2.25. The van der Waals surface area contributed by atoms with Gasteiger partial charge in [0.25, 0.3) is 0 Å². The molecule has 4 heterocycles. The number of nitrogens with two attached hydrogens (primary N) is 1. The molecule has 0 bridgehead atoms. The maximum atomic E-state index is 6.05. The van der Waals surface area contributed by atoms with Crippen LogP contribution in [-0.4, -0.2) is 35.7 Å². The second-order valence-electron chi connectivity index (χ2n) is 8.55. The van der Waals surface area contributed by atoms with E-state index in [1.54, 1.807) is 10.9 Å². The Labute approximate surface area is 212 Å². The molecule has 2 aliphatic rings. The van der Waals surface area contributed by atoms with Gasteiger partial charge in [0.1, 0.15) is 5.82 Å². The zero-order chi connectivity index (χ0) is 25.7. The molecule has 8 nitrogen and oxygen atoms in total. The molecule has 0 spiro atoms. The summed E-state index contributed by atoms with van der Waals surface area (Å²) < 4.78 is 5.95. The van der Waals surface area contributed by atoms with Gasteiger partial charge in [-0.25, -0.2) is 4.98 Å². The van der Waals surface area contributed by atoms with Crippen LogP contribution in [0.5, 0.6) is 0 Å². The molecule has 1 aliphatic carbocycles. The standard InChI is InChI=1S/C17H16N4.C9H12N4.C2H6/c1-21-7-4-11-2-3-12(8-16(11)21)14-9-13(18)10-15-17(14)20-6-5-19-15;1-12-4-3-10-9(12)5-8-6-11-13(2)7-8;1-2/h2-10,15,19H,18H2,1H3;3-4,6-7H,5H2,1-2H3;1-2H3. The summed E-state index contributed by atoms with van der Waals surface area (Å²) in [5, 5.41) is 8.62. The predicted molar refractivity (Wildman–Crippen MR) is 147 cm³/mol. The van der Waals surface area contributed by atoms with Crippen molar-refractivity contribution in [2.45, 2.75) is 26.3 Å². The van der Waals surface area contributed by atoms with E-state index in [0.29, 0.717) is 0 Å². The first kappa shape index (κ1) is 24.8. The summed E-state index contributed by atoms with van der Waals surface area (Å²) in [5.41, 5.74) is 12.5. The van der Waals surface area contributed by atoms with Crippen molar-refractivity contribution in [2.75, 3.05) is 0 Å². The average Bonchev–Trinajstić information content (AvgIpc) is 3.61. The number of fused-ring (bicyclic) bond motifs is 2. The third-order valence-corrected chi connectivity index (χ3v) is 6.05. The largest absolute Gasteiger partial charge is 0.399 e. The average molecular weight is 483 g/mol. The molecule has 1 unspecified atom stereocenters. The van der Waals surface area contributed by atoms with Crippen molar-refractivity contribution in [3.05, 3.63) is 102 Å². The molecule has 3 aromatic heterocycles. The number of aryl methyl sites for hydroxylation is 3. The minimum Gasteiger partial charge on any atom is -0.399 e. The molecule has 3 N–H and O–H groups in total. The fourth-order valence-corrected chi connectivity index (χ4v) is 4.24. The third-order valence-electron chi connectivity index (χ3n) is 6.05. The molecule has 1 aliphatic heterocycles. The van der Waals surface area contributed by atoms with Gasteiger partial charge in [0.2, 0.25) is 0 Å². The first-order chi connectivity index (χ1) is 17.5. The monoisotopic (exact) mass is 482 g/mol. The van der Waals surface area contributed by atoms with Gasteiger partial charge >= 0.3 is 0 Å². The molecule has 6 rings (SSSR count). The fraction of sp³-hybridized carbons (Fsp3) is 0.250. The lowest BCUT2D eigenvalue weighted by Crippen LogP contribution is -2.36. The summed E-state index contributed by atoms with van der Waals surface area (Å²) in [7, 11) is 5.97. The van der Waals surface area contributed by atoms with Crippen LogP contribution in [0.25, 0.3) is 16.5 Å². The van der Waals surface area contributed by atoms with Crippen LogP contribution in [0.1, 0.15) is 30.8 Å². The molecule has 186 valence electrons. The molecule has 0 amide bonds. The van der Waals surface area contributed by atoms with Crippen molar-refractivity contribution in [3.63, 3.8) is 0 Å². The highest BCUT2D eigenvalue weighted by Crippen LogP contribution is 2.28. The second-order valence-corrected chi connectivity index (χ2v) is 8.55. The smallest absolute Gasteiger partial charge is 0.112 e. The molecule has 0 saturated carbocycles. The predicted octanol–water partition coefficient (Wildman–Crippen LogP) is 4.07. The Kier molecular flexibility index (Phi) is 7.53. The van der Waals surface area contributed by atoms with Crippen LogP contribution in [0.3, 0.4) is 0 Å². The molecule has 36 heavy (non-hydrogen) atoms. The van der Waals surface area contributed by atoms with Gasteiger partial charge in [-0.1, -0.05) is 26.0 Å². The molecular weight excluding hydrogens is 448 g/mol. The number of nitrogens with zero attached hydrogens (tertiary/aromatic N) is 6. The Morgan fingerprint density at radius 3 is 2.61 bits per heavy atom. The summed E-state index contributed by atoms with van der Waals surface area (Å²) in [4.78, 5) is 8.78. The van der Waals surface area contributed by atoms with Crippen LogP contribution in [-0.2, 0) is 27.6 Å². The van der Waals surface area contributed by atoms with Crippen LogP contribution in [0, 0.1) is 0 Å². The number of aliphatic imine (C=N–C) groups is 1. The minimum atomic E-state index is 0.0547. The van der Waals surface area contributed by atoms with Crippen LogP contribution < -0.4 is 11.1 Å². The summed E-state index contributed by atoms with van der Waals surface area (Å²) in [6.07, 6.45) is 18.2. The number of hydrogen-bond donors (Lipinski definition) is 2. The summed E-state index contributed by atoms with van der Waals surface area (Å²) in [5.74, 6) is 1.06. The number of hydrogen-bond acceptors (Lipinski definition) is 5. The topological polar surface area (TPSA) is 91.0 Å². The molecular formula is C28H34N8. The van der Waals surface area contributed by atoms with Crippen molar-refractivity contribution < 1.29 is 0 Å². The molecule has 1 atom stereocenters. The Hall–Kier alpha value is -4.33. The zero-order valence-electron chi connectivity index (χ0n) is 21.6. The summed E-state index contributed by atoms with van der Waals surface area (Å²) in [6.45, 7) is 4.00. The molecule has 0 saturated heterocycles. The maximum absolute atomic E-state index is 6.05. The molecule has 1 aromatic carbocycles. The van der Waals surface area contributed by atoms with E-state index in [-0.39, 0.29) is 6.04 Å². The van der Waals surface area contributed by atoms with Crippen molar-refractivity contribution in [1.29, 1.82) is 0 Å². The van der Waals surface area contributed by atoms with E-state index in [1.807, 2.05) is 75.6 Å². The van der Waals surface area contributed by atoms with Gasteiger partial charge in [-0.15, -0.1) is 0 Å². The quantitative estimate of drug-likeness (QED) is 0.461. The number of imidazole rings is 1. The lowest BCUT2D eigenvalue weighted by molar-refractivity contribution is 0.766. The van der Waals surface area contributed by atoms with E-state index < -0.39 is 0 Å². The van der Waals surface area contributed by atoms with Crippen molar-refractivity contribution in [2.24, 2.45) is 31.9 Å². The first-order valence-electron chi connectivity index (χ1n) is 12.2. The van der Waals surface area contributed by atoms with E-state index in [2.05, 4.69) is 62.5 Å². The number of rotatable bonds is 3. The van der Waals surface area contributed by atoms with Crippen molar-refractivity contribution >= 4 is 22.2 Å². The van der Waals surface area contributed by atoms with E-state index in [1.165, 1.54) is 16.5 Å². The van der Waals surface area contributed by atoms with E-state index in [0.717, 1.165) is 34.8 Å². The zero-order valence-corrected chi connectivity index (χ0v) is 21.6. The maximum Gasteiger partial charge on any atom is 0.112 e. The number of benzene rings is 1. The third kappa shape index (κ3) is 5.33. The lowest BCUT2D eigenvalue weighted by atomic mass is 9.90. The Balaban J connectivity index is 0.000000175. The summed E-state index contributed by atoms with van der Waals surface area (Å²) in [6, 6.07) is 8.64. The van der Waals surface area contributed by atoms with Crippen LogP contribution in [0.2, 0.25) is 0 Å². The van der Waals surface area contributed by atoms with E-state index >= 15 is 0 Å². The molecule has 0 fully saturated rings. The fourth-order valence-electron chi connectivity index (χ4n) is 4.24. The second kappa shape index (κ2) is 10.9. The first-order valence-corrected chi connectivity index (χ1v) is 12.2. The van der Waals surface area contributed by atoms with Gasteiger partial charge < -0.3 is 20.2 Å². The minimum absolute atomic E-state index is 0.0547. The van der Waals surface area contributed by atoms with Gasteiger partial charge in [-0.05, 0) is 40.8 Å². The Bertz CT molecular complexity index is 1460. The molecule has 4 aromatic rings. The van der Waals surface area contributed by atoms with E-state index in [4.69, 9.17) is 5.73 Å².